The molecule has 0 radical (unpaired) electrons. The van der Waals surface area contributed by atoms with E-state index >= 15 is 0 Å². The van der Waals surface area contributed by atoms with Crippen molar-refractivity contribution in [3.05, 3.63) is 0 Å². The Morgan fingerprint density at radius 1 is 1.39 bits per heavy atom. The summed E-state index contributed by atoms with van der Waals surface area (Å²) >= 11 is 0. The highest BCUT2D eigenvalue weighted by Gasteiger charge is 2.45. The topological polar surface area (TPSA) is 134 Å². The van der Waals surface area contributed by atoms with E-state index in [1.54, 1.807) is 6.92 Å². The molecule has 0 saturated carbocycles. The van der Waals surface area contributed by atoms with Crippen molar-refractivity contribution in [2.75, 3.05) is 33.4 Å². The van der Waals surface area contributed by atoms with Crippen molar-refractivity contribution in [3.8, 4) is 0 Å². The van der Waals surface area contributed by atoms with Crippen LogP contribution in [0.5, 0.6) is 0 Å². The van der Waals surface area contributed by atoms with Gasteiger partial charge in [-0.1, -0.05) is 13.8 Å². The SMILES string of the molecule is CCNC(=O)CCNCC(O)(C=O)C(C)(C)COP(=O)(O)OC. The van der Waals surface area contributed by atoms with Crippen molar-refractivity contribution in [3.63, 3.8) is 0 Å². The summed E-state index contributed by atoms with van der Waals surface area (Å²) in [6, 6.07) is 0. The Balaban J connectivity index is 4.58. The predicted octanol–water partition coefficient (Wildman–Crippen LogP) is -0.178. The molecule has 0 fully saturated rings. The van der Waals surface area contributed by atoms with E-state index in [1.807, 2.05) is 0 Å². The standard InChI is InChI=1S/C13H27N2O7P/c1-5-15-11(17)6-7-14-8-13(18,9-16)12(2,3)10-22-23(19,20)21-4/h9,14,18H,5-8,10H2,1-4H3,(H,15,17)(H,19,20). The molecule has 0 saturated heterocycles. The van der Waals surface area contributed by atoms with Crippen molar-refractivity contribution >= 4 is 20.0 Å². The highest BCUT2D eigenvalue weighted by molar-refractivity contribution is 7.47. The monoisotopic (exact) mass is 354 g/mol. The Morgan fingerprint density at radius 2 is 2.00 bits per heavy atom. The summed E-state index contributed by atoms with van der Waals surface area (Å²) < 4.78 is 20.4. The maximum Gasteiger partial charge on any atom is 0.471 e. The second kappa shape index (κ2) is 9.46. The van der Waals surface area contributed by atoms with Crippen molar-refractivity contribution in [1.82, 2.24) is 10.6 Å². The molecule has 10 heteroatoms. The first-order valence-corrected chi connectivity index (χ1v) is 8.72. The fourth-order valence-electron chi connectivity index (χ4n) is 1.63. The van der Waals surface area contributed by atoms with Gasteiger partial charge in [-0.15, -0.1) is 0 Å². The molecule has 0 rings (SSSR count). The number of aldehydes is 1. The highest BCUT2D eigenvalue weighted by Crippen LogP contribution is 2.44. The van der Waals surface area contributed by atoms with Gasteiger partial charge in [-0.25, -0.2) is 4.57 Å². The Morgan fingerprint density at radius 3 is 2.48 bits per heavy atom. The zero-order valence-corrected chi connectivity index (χ0v) is 14.9. The van der Waals surface area contributed by atoms with Crippen molar-refractivity contribution < 1.29 is 33.2 Å². The smallest absolute Gasteiger partial charge is 0.380 e. The third-order valence-corrected chi connectivity index (χ3v) is 4.40. The maximum atomic E-state index is 11.3. The van der Waals surface area contributed by atoms with Gasteiger partial charge in [-0.2, -0.15) is 0 Å². The summed E-state index contributed by atoms with van der Waals surface area (Å²) in [4.78, 5) is 31.8. The largest absolute Gasteiger partial charge is 0.471 e. The molecule has 0 aliphatic heterocycles. The molecule has 2 atom stereocenters. The minimum atomic E-state index is -4.20. The van der Waals surface area contributed by atoms with E-state index in [9.17, 15) is 24.2 Å². The van der Waals surface area contributed by atoms with Crippen LogP contribution in [0.3, 0.4) is 0 Å². The number of carbonyl (C=O) groups excluding carboxylic acids is 2. The van der Waals surface area contributed by atoms with Gasteiger partial charge in [0.2, 0.25) is 5.91 Å². The molecule has 0 bridgehead atoms. The van der Waals surface area contributed by atoms with Gasteiger partial charge in [-0.3, -0.25) is 13.8 Å². The van der Waals surface area contributed by atoms with Gasteiger partial charge in [0, 0.05) is 38.6 Å². The number of hydrogen-bond acceptors (Lipinski definition) is 7. The number of rotatable bonds is 12. The molecule has 2 unspecified atom stereocenters. The molecule has 0 aliphatic rings. The second-order valence-electron chi connectivity index (χ2n) is 5.73. The Labute approximate surface area is 136 Å². The maximum absolute atomic E-state index is 11.3. The number of hydrogen-bond donors (Lipinski definition) is 4. The van der Waals surface area contributed by atoms with Gasteiger partial charge < -0.3 is 25.4 Å². The van der Waals surface area contributed by atoms with Crippen molar-refractivity contribution in [2.24, 2.45) is 5.41 Å². The number of phosphoric ester groups is 1. The van der Waals surface area contributed by atoms with Crippen LogP contribution in [-0.2, 0) is 23.2 Å². The lowest BCUT2D eigenvalue weighted by atomic mass is 9.76. The summed E-state index contributed by atoms with van der Waals surface area (Å²) in [5.41, 5.74) is -3.01. The molecule has 9 nitrogen and oxygen atoms in total. The van der Waals surface area contributed by atoms with Crippen LogP contribution in [0, 0.1) is 5.41 Å². The molecule has 23 heavy (non-hydrogen) atoms. The summed E-state index contributed by atoms with van der Waals surface area (Å²) in [5.74, 6) is -0.140. The Bertz CT molecular complexity index is 444. The fraction of sp³-hybridized carbons (Fsp3) is 0.846. The third kappa shape index (κ3) is 7.52. The van der Waals surface area contributed by atoms with Gasteiger partial charge in [0.15, 0.2) is 6.29 Å². The van der Waals surface area contributed by atoms with Crippen LogP contribution in [-0.4, -0.2) is 61.1 Å². The number of nitrogens with one attached hydrogen (secondary N) is 2. The average Bonchev–Trinajstić information content (AvgIpc) is 2.49. The number of amides is 1. The molecule has 0 spiro atoms. The molecule has 0 aromatic rings. The summed E-state index contributed by atoms with van der Waals surface area (Å²) in [6.07, 6.45) is 0.555. The predicted molar refractivity (Wildman–Crippen MR) is 83.8 cm³/mol. The van der Waals surface area contributed by atoms with Gasteiger partial charge in [0.05, 0.1) is 6.61 Å². The quantitative estimate of drug-likeness (QED) is 0.215. The minimum Gasteiger partial charge on any atom is -0.380 e. The highest BCUT2D eigenvalue weighted by atomic mass is 31.2. The molecular formula is C13H27N2O7P. The van der Waals surface area contributed by atoms with E-state index in [2.05, 4.69) is 15.2 Å². The molecule has 0 heterocycles. The molecule has 0 aliphatic carbocycles. The normalized spacial score (nSPS) is 17.1. The van der Waals surface area contributed by atoms with Gasteiger partial charge >= 0.3 is 7.82 Å². The van der Waals surface area contributed by atoms with E-state index in [4.69, 9.17) is 4.52 Å². The van der Waals surface area contributed by atoms with Crippen LogP contribution >= 0.6 is 7.82 Å². The first-order chi connectivity index (χ1) is 10.5. The number of carbonyl (C=O) groups is 2. The van der Waals surface area contributed by atoms with Gasteiger partial charge in [-0.05, 0) is 6.92 Å². The average molecular weight is 354 g/mol. The van der Waals surface area contributed by atoms with Gasteiger partial charge in [0.1, 0.15) is 5.60 Å². The number of aliphatic hydroxyl groups is 1. The van der Waals surface area contributed by atoms with Crippen LogP contribution in [0.4, 0.5) is 0 Å². The molecule has 0 aromatic heterocycles. The lowest BCUT2D eigenvalue weighted by Crippen LogP contribution is -2.55. The Hall–Kier alpha value is -0.830. The molecule has 0 aromatic carbocycles. The lowest BCUT2D eigenvalue weighted by molar-refractivity contribution is -0.140. The van der Waals surface area contributed by atoms with E-state index in [-0.39, 0.29) is 32.0 Å². The number of phosphoric acid groups is 1. The lowest BCUT2D eigenvalue weighted by Gasteiger charge is -2.38. The zero-order valence-electron chi connectivity index (χ0n) is 14.0. The second-order valence-corrected chi connectivity index (χ2v) is 7.29. The van der Waals surface area contributed by atoms with E-state index < -0.39 is 18.8 Å². The molecule has 1 amide bonds. The van der Waals surface area contributed by atoms with Gasteiger partial charge in [0.25, 0.3) is 0 Å². The first kappa shape index (κ1) is 22.2. The molecular weight excluding hydrogens is 327 g/mol. The summed E-state index contributed by atoms with van der Waals surface area (Å²) in [7, 11) is -3.19. The zero-order chi connectivity index (χ0) is 18.1. The van der Waals surface area contributed by atoms with Crippen molar-refractivity contribution in [1.29, 1.82) is 0 Å². The summed E-state index contributed by atoms with van der Waals surface area (Å²) in [6.45, 7) is 5.14. The Kier molecular flexibility index (Phi) is 9.12. The van der Waals surface area contributed by atoms with Crippen LogP contribution in [0.1, 0.15) is 27.2 Å². The molecule has 136 valence electrons. The van der Waals surface area contributed by atoms with Crippen LogP contribution in [0.15, 0.2) is 0 Å². The van der Waals surface area contributed by atoms with E-state index in [0.29, 0.717) is 12.8 Å². The van der Waals surface area contributed by atoms with Crippen LogP contribution < -0.4 is 10.6 Å². The van der Waals surface area contributed by atoms with E-state index in [1.165, 1.54) is 13.8 Å². The third-order valence-electron chi connectivity index (χ3n) is 3.48. The minimum absolute atomic E-state index is 0.130. The van der Waals surface area contributed by atoms with Crippen LogP contribution in [0.25, 0.3) is 0 Å². The fourth-order valence-corrected chi connectivity index (χ4v) is 2.22. The molecule has 4 N–H and O–H groups in total. The first-order valence-electron chi connectivity index (χ1n) is 7.23. The van der Waals surface area contributed by atoms with Crippen LogP contribution in [0.2, 0.25) is 0 Å². The van der Waals surface area contributed by atoms with E-state index in [0.717, 1.165) is 7.11 Å². The summed E-state index contributed by atoms with van der Waals surface area (Å²) in [5, 5.41) is 15.9. The van der Waals surface area contributed by atoms with Crippen molar-refractivity contribution in [2.45, 2.75) is 32.8 Å².